The molecule has 30 heavy (non-hydrogen) atoms. The zero-order valence-electron chi connectivity index (χ0n) is 14.9. The number of aromatic nitrogens is 3. The zero-order chi connectivity index (χ0) is 21.9. The van der Waals surface area contributed by atoms with Crippen LogP contribution in [0.5, 0.6) is 5.75 Å². The molecule has 0 aliphatic carbocycles. The van der Waals surface area contributed by atoms with Crippen molar-refractivity contribution < 1.29 is 32.6 Å². The highest BCUT2D eigenvalue weighted by molar-refractivity contribution is 7.98. The molecule has 3 N–H and O–H groups in total. The van der Waals surface area contributed by atoms with Crippen molar-refractivity contribution in [2.45, 2.75) is 17.1 Å². The Kier molecular flexibility index (Phi) is 6.01. The fraction of sp³-hybridized carbons (Fsp3) is 0.176. The van der Waals surface area contributed by atoms with Crippen LogP contribution < -0.4 is 15.5 Å². The molecule has 0 saturated heterocycles. The van der Waals surface area contributed by atoms with Gasteiger partial charge in [-0.1, -0.05) is 18.2 Å². The first-order valence-corrected chi connectivity index (χ1v) is 9.20. The number of nitrogens with zero attached hydrogens (tertiary/aromatic N) is 2. The Bertz CT molecular complexity index is 1160. The van der Waals surface area contributed by atoms with Crippen LogP contribution in [0.15, 0.2) is 46.5 Å². The molecule has 0 unspecified atom stereocenters. The number of hydrogen-bond donors (Lipinski definition) is 3. The van der Waals surface area contributed by atoms with Crippen molar-refractivity contribution in [1.29, 1.82) is 0 Å². The minimum atomic E-state index is -4.85. The van der Waals surface area contributed by atoms with Crippen molar-refractivity contribution in [3.63, 3.8) is 0 Å². The lowest BCUT2D eigenvalue weighted by molar-refractivity contribution is -0.274. The number of aliphatic carboxylic acids is 1. The van der Waals surface area contributed by atoms with Crippen molar-refractivity contribution in [2.24, 2.45) is 0 Å². The number of thioether (sulfide) groups is 1. The van der Waals surface area contributed by atoms with Gasteiger partial charge in [0.2, 0.25) is 0 Å². The summed E-state index contributed by atoms with van der Waals surface area (Å²) >= 11 is 1.02. The van der Waals surface area contributed by atoms with Crippen LogP contribution in [-0.2, 0) is 10.5 Å². The molecule has 1 amide bonds. The Balaban J connectivity index is 1.88. The highest BCUT2D eigenvalue weighted by Crippen LogP contribution is 2.31. The first-order chi connectivity index (χ1) is 14.2. The summed E-state index contributed by atoms with van der Waals surface area (Å²) in [6.45, 7) is -0.679. The number of nitrogens with one attached hydrogen (secondary N) is 2. The number of para-hydroxylation sites is 1. The van der Waals surface area contributed by atoms with E-state index in [0.717, 1.165) is 17.8 Å². The summed E-state index contributed by atoms with van der Waals surface area (Å²) in [4.78, 5) is 39.2. The molecule has 3 aromatic rings. The number of carboxylic acid groups (broad SMARTS) is 1. The van der Waals surface area contributed by atoms with Gasteiger partial charge in [-0.3, -0.25) is 19.5 Å². The number of fused-ring (bicyclic) bond motifs is 1. The molecule has 0 aliphatic rings. The number of ether oxygens (including phenoxy) is 1. The van der Waals surface area contributed by atoms with E-state index < -0.39 is 30.2 Å². The zero-order valence-corrected chi connectivity index (χ0v) is 15.7. The van der Waals surface area contributed by atoms with E-state index in [1.54, 1.807) is 6.07 Å². The molecule has 13 heteroatoms. The minimum Gasteiger partial charge on any atom is -0.480 e. The predicted molar refractivity (Wildman–Crippen MR) is 98.5 cm³/mol. The smallest absolute Gasteiger partial charge is 0.480 e. The van der Waals surface area contributed by atoms with Gasteiger partial charge in [-0.25, -0.2) is 9.50 Å². The van der Waals surface area contributed by atoms with Gasteiger partial charge in [0, 0.05) is 17.4 Å². The van der Waals surface area contributed by atoms with E-state index in [4.69, 9.17) is 5.11 Å². The molecule has 0 fully saturated rings. The van der Waals surface area contributed by atoms with E-state index >= 15 is 0 Å². The number of hydrogen-bond acceptors (Lipinski definition) is 6. The number of alkyl halides is 3. The van der Waals surface area contributed by atoms with Crippen molar-refractivity contribution >= 4 is 29.3 Å². The first kappa shape index (κ1) is 21.2. The number of pyridine rings is 1. The fourth-order valence-electron chi connectivity index (χ4n) is 2.53. The molecule has 158 valence electrons. The molecule has 0 atom stereocenters. The van der Waals surface area contributed by atoms with Crippen LogP contribution >= 0.6 is 11.8 Å². The van der Waals surface area contributed by atoms with E-state index in [1.807, 2.05) is 0 Å². The second-order valence-electron chi connectivity index (χ2n) is 5.79. The molecule has 0 aliphatic heterocycles. The van der Waals surface area contributed by atoms with Gasteiger partial charge < -0.3 is 15.2 Å². The number of halogens is 3. The van der Waals surface area contributed by atoms with Crippen molar-refractivity contribution in [3.8, 4) is 5.75 Å². The van der Waals surface area contributed by atoms with E-state index in [9.17, 15) is 27.6 Å². The third-order valence-corrected chi connectivity index (χ3v) is 4.78. The fourth-order valence-corrected chi connectivity index (χ4v) is 3.53. The average Bonchev–Trinajstić information content (AvgIpc) is 3.13. The Morgan fingerprint density at radius 2 is 2.03 bits per heavy atom. The predicted octanol–water partition coefficient (Wildman–Crippen LogP) is 2.03. The SMILES string of the molecule is O=C(O)CNC(=O)c1c(=O)cc(SCc2ccccc2OC(F)(F)F)n2[nH]cnc12. The molecule has 9 nitrogen and oxygen atoms in total. The van der Waals surface area contributed by atoms with Crippen LogP contribution in [0.25, 0.3) is 5.65 Å². The molecule has 0 saturated carbocycles. The van der Waals surface area contributed by atoms with Gasteiger partial charge in [0.25, 0.3) is 5.91 Å². The van der Waals surface area contributed by atoms with Crippen LogP contribution in [0.3, 0.4) is 0 Å². The molecule has 1 aromatic carbocycles. The Labute approximate surface area is 169 Å². The highest BCUT2D eigenvalue weighted by atomic mass is 32.2. The molecule has 0 spiro atoms. The molecular formula is C17H13F3N4O5S. The Morgan fingerprint density at radius 1 is 1.30 bits per heavy atom. The summed E-state index contributed by atoms with van der Waals surface area (Å²) in [6, 6.07) is 6.69. The quantitative estimate of drug-likeness (QED) is 0.478. The molecule has 3 rings (SSSR count). The minimum absolute atomic E-state index is 0.0252. The third kappa shape index (κ3) is 4.92. The maximum absolute atomic E-state index is 12.6. The summed E-state index contributed by atoms with van der Waals surface area (Å²) in [5.41, 5.74) is -0.883. The molecule has 2 aromatic heterocycles. The third-order valence-electron chi connectivity index (χ3n) is 3.73. The molecule has 0 bridgehead atoms. The maximum atomic E-state index is 12.6. The maximum Gasteiger partial charge on any atom is 0.573 e. The number of aromatic amines is 1. The van der Waals surface area contributed by atoms with Gasteiger partial charge in [0.15, 0.2) is 11.1 Å². The number of carbonyl (C=O) groups excluding carboxylic acids is 1. The number of benzene rings is 1. The summed E-state index contributed by atoms with van der Waals surface area (Å²) in [7, 11) is 0. The number of carbonyl (C=O) groups is 2. The monoisotopic (exact) mass is 442 g/mol. The lowest BCUT2D eigenvalue weighted by Gasteiger charge is -2.13. The normalized spacial score (nSPS) is 11.4. The average molecular weight is 442 g/mol. The van der Waals surface area contributed by atoms with Crippen LogP contribution in [-0.4, -0.2) is 44.5 Å². The van der Waals surface area contributed by atoms with Gasteiger partial charge in [-0.05, 0) is 6.07 Å². The van der Waals surface area contributed by atoms with Crippen LogP contribution in [0.4, 0.5) is 13.2 Å². The number of H-pyrrole nitrogens is 1. The van der Waals surface area contributed by atoms with Crippen LogP contribution in [0, 0.1) is 0 Å². The van der Waals surface area contributed by atoms with Crippen molar-refractivity contribution in [1.82, 2.24) is 19.9 Å². The molecular weight excluding hydrogens is 429 g/mol. The summed E-state index contributed by atoms with van der Waals surface area (Å²) in [6.07, 6.45) is -3.63. The number of rotatable bonds is 7. The van der Waals surface area contributed by atoms with Gasteiger partial charge in [0.05, 0.1) is 0 Å². The van der Waals surface area contributed by atoms with Gasteiger partial charge in [0.1, 0.15) is 29.2 Å². The van der Waals surface area contributed by atoms with E-state index in [2.05, 4.69) is 20.1 Å². The van der Waals surface area contributed by atoms with Crippen molar-refractivity contribution in [2.75, 3.05) is 6.54 Å². The number of amides is 1. The second kappa shape index (κ2) is 8.49. The summed E-state index contributed by atoms with van der Waals surface area (Å²) < 4.78 is 43.0. The summed E-state index contributed by atoms with van der Waals surface area (Å²) in [5.74, 6) is -2.53. The molecule has 2 heterocycles. The second-order valence-corrected chi connectivity index (χ2v) is 6.78. The number of carboxylic acids is 1. The molecule has 0 radical (unpaired) electrons. The van der Waals surface area contributed by atoms with Crippen LogP contribution in [0.1, 0.15) is 15.9 Å². The largest absolute Gasteiger partial charge is 0.573 e. The topological polar surface area (TPSA) is 126 Å². The highest BCUT2D eigenvalue weighted by Gasteiger charge is 2.32. The lowest BCUT2D eigenvalue weighted by atomic mass is 10.2. The Hall–Kier alpha value is -3.48. The van der Waals surface area contributed by atoms with Crippen LogP contribution in [0.2, 0.25) is 0 Å². The van der Waals surface area contributed by atoms with E-state index in [-0.39, 0.29) is 33.3 Å². The van der Waals surface area contributed by atoms with Gasteiger partial charge in [-0.15, -0.1) is 24.9 Å². The van der Waals surface area contributed by atoms with Gasteiger partial charge >= 0.3 is 12.3 Å². The van der Waals surface area contributed by atoms with E-state index in [1.165, 1.54) is 29.0 Å². The lowest BCUT2D eigenvalue weighted by Crippen LogP contribution is -2.33. The standard InChI is InChI=1S/C17H13F3N4O5S/c18-17(19,20)29-11-4-2-1-3-9(11)7-30-12-5-10(25)14(15-22-8-23-24(12)15)16(28)21-6-13(26)27/h1-5,8H,6-7H2,(H,21,28)(H,22,23)(H,26,27). The summed E-state index contributed by atoms with van der Waals surface area (Å²) in [5, 5.41) is 13.7. The Morgan fingerprint density at radius 3 is 2.73 bits per heavy atom. The van der Waals surface area contributed by atoms with Crippen molar-refractivity contribution in [3.05, 3.63) is 58.0 Å². The first-order valence-electron chi connectivity index (χ1n) is 8.21. The van der Waals surface area contributed by atoms with Gasteiger partial charge in [-0.2, -0.15) is 0 Å². The van der Waals surface area contributed by atoms with E-state index in [0.29, 0.717) is 0 Å².